The fourth-order valence-electron chi connectivity index (χ4n) is 3.39. The Morgan fingerprint density at radius 3 is 2.87 bits per heavy atom. The van der Waals surface area contributed by atoms with Crippen molar-refractivity contribution in [2.45, 2.75) is 51.6 Å². The number of fused-ring (bicyclic) bond motifs is 1. The van der Waals surface area contributed by atoms with Gasteiger partial charge in [-0.05, 0) is 43.6 Å². The average Bonchev–Trinajstić information content (AvgIpc) is 3.20. The zero-order valence-electron chi connectivity index (χ0n) is 13.6. The average molecular weight is 337 g/mol. The van der Waals surface area contributed by atoms with Crippen molar-refractivity contribution in [2.75, 3.05) is 19.0 Å². The van der Waals surface area contributed by atoms with Crippen LogP contribution in [-0.2, 0) is 27.1 Å². The Bertz CT molecular complexity index is 604. The lowest BCUT2D eigenvalue weighted by molar-refractivity contribution is -0.124. The van der Waals surface area contributed by atoms with Crippen molar-refractivity contribution in [1.29, 1.82) is 0 Å². The van der Waals surface area contributed by atoms with Crippen molar-refractivity contribution in [3.8, 4) is 0 Å². The van der Waals surface area contributed by atoms with Gasteiger partial charge in [-0.2, -0.15) is 0 Å². The second-order valence-corrected chi connectivity index (χ2v) is 7.31. The van der Waals surface area contributed by atoms with E-state index in [9.17, 15) is 9.59 Å². The third-order valence-electron chi connectivity index (χ3n) is 4.79. The Labute approximate surface area is 140 Å². The van der Waals surface area contributed by atoms with Crippen LogP contribution in [0.15, 0.2) is 0 Å². The third kappa shape index (κ3) is 3.28. The molecule has 6 heteroatoms. The van der Waals surface area contributed by atoms with Crippen LogP contribution in [0.2, 0.25) is 0 Å². The van der Waals surface area contributed by atoms with E-state index in [1.54, 1.807) is 0 Å². The Hall–Kier alpha value is -1.40. The van der Waals surface area contributed by atoms with E-state index in [0.29, 0.717) is 23.1 Å². The minimum absolute atomic E-state index is 0.154. The quantitative estimate of drug-likeness (QED) is 0.857. The lowest BCUT2D eigenvalue weighted by Gasteiger charge is -2.20. The lowest BCUT2D eigenvalue weighted by Crippen LogP contribution is -2.27. The molecule has 2 heterocycles. The fraction of sp³-hybridized carbons (Fsp3) is 0.647. The highest BCUT2D eigenvalue weighted by atomic mass is 32.1. The van der Waals surface area contributed by atoms with Gasteiger partial charge in [-0.3, -0.25) is 4.79 Å². The minimum Gasteiger partial charge on any atom is -0.465 e. The number of nitrogens with one attached hydrogen (secondary N) is 1. The molecule has 3 rings (SSSR count). The number of esters is 1. The van der Waals surface area contributed by atoms with Gasteiger partial charge < -0.3 is 14.8 Å². The van der Waals surface area contributed by atoms with Crippen molar-refractivity contribution < 1.29 is 19.1 Å². The van der Waals surface area contributed by atoms with Gasteiger partial charge in [0.25, 0.3) is 5.91 Å². The molecular formula is C17H23NO4S. The smallest absolute Gasteiger partial charge is 0.341 e. The summed E-state index contributed by atoms with van der Waals surface area (Å²) >= 11 is 1.52. The Morgan fingerprint density at radius 2 is 2.22 bits per heavy atom. The SMILES string of the molecule is CCC1CCc2c(sc(NC(=O)C3CCCO3)c2C(=O)OC)C1. The number of hydrogen-bond acceptors (Lipinski definition) is 5. The molecule has 2 atom stereocenters. The first-order valence-electron chi connectivity index (χ1n) is 8.29. The first-order chi connectivity index (χ1) is 11.1. The molecule has 0 saturated carbocycles. The summed E-state index contributed by atoms with van der Waals surface area (Å²) in [6, 6.07) is 0. The van der Waals surface area contributed by atoms with Crippen molar-refractivity contribution in [1.82, 2.24) is 0 Å². The maximum absolute atomic E-state index is 12.3. The van der Waals surface area contributed by atoms with E-state index in [-0.39, 0.29) is 11.9 Å². The van der Waals surface area contributed by atoms with Crippen LogP contribution in [-0.4, -0.2) is 31.7 Å². The molecule has 2 unspecified atom stereocenters. The van der Waals surface area contributed by atoms with Gasteiger partial charge in [-0.1, -0.05) is 13.3 Å². The van der Waals surface area contributed by atoms with Crippen LogP contribution in [0, 0.1) is 5.92 Å². The minimum atomic E-state index is -0.400. The molecule has 0 bridgehead atoms. The van der Waals surface area contributed by atoms with Gasteiger partial charge in [0.05, 0.1) is 12.7 Å². The van der Waals surface area contributed by atoms with Crippen LogP contribution in [0.1, 0.15) is 53.4 Å². The van der Waals surface area contributed by atoms with Crippen LogP contribution >= 0.6 is 11.3 Å². The normalized spacial score (nSPS) is 23.4. The number of hydrogen-bond donors (Lipinski definition) is 1. The summed E-state index contributed by atoms with van der Waals surface area (Å²) in [5, 5.41) is 3.54. The molecule has 1 aromatic heterocycles. The summed E-state index contributed by atoms with van der Waals surface area (Å²) in [6.45, 7) is 2.83. The summed E-state index contributed by atoms with van der Waals surface area (Å²) in [5.74, 6) is 0.145. The lowest BCUT2D eigenvalue weighted by atomic mass is 9.85. The second-order valence-electron chi connectivity index (χ2n) is 6.21. The number of anilines is 1. The highest BCUT2D eigenvalue weighted by Crippen LogP contribution is 2.41. The van der Waals surface area contributed by atoms with Crippen molar-refractivity contribution in [2.24, 2.45) is 5.92 Å². The molecule has 1 fully saturated rings. The third-order valence-corrected chi connectivity index (χ3v) is 5.96. The highest BCUT2D eigenvalue weighted by molar-refractivity contribution is 7.17. The maximum Gasteiger partial charge on any atom is 0.341 e. The predicted molar refractivity (Wildman–Crippen MR) is 89.1 cm³/mol. The standard InChI is InChI=1S/C17H23NO4S/c1-3-10-6-7-11-13(9-10)23-16(14(11)17(20)21-2)18-15(19)12-5-4-8-22-12/h10,12H,3-9H2,1-2H3,(H,18,19). The summed E-state index contributed by atoms with van der Waals surface area (Å²) in [6.07, 6.45) is 5.33. The van der Waals surface area contributed by atoms with E-state index >= 15 is 0 Å². The molecule has 1 amide bonds. The fourth-order valence-corrected chi connectivity index (χ4v) is 4.74. The van der Waals surface area contributed by atoms with Crippen LogP contribution in [0.4, 0.5) is 5.00 Å². The Kier molecular flexibility index (Phi) is 5.02. The maximum atomic E-state index is 12.3. The molecule has 0 radical (unpaired) electrons. The van der Waals surface area contributed by atoms with Crippen molar-refractivity contribution in [3.05, 3.63) is 16.0 Å². The molecule has 1 aliphatic carbocycles. The summed E-state index contributed by atoms with van der Waals surface area (Å²) < 4.78 is 10.4. The van der Waals surface area contributed by atoms with Gasteiger partial charge in [-0.15, -0.1) is 11.3 Å². The molecule has 5 nitrogen and oxygen atoms in total. The largest absolute Gasteiger partial charge is 0.465 e. The molecule has 126 valence electrons. The Morgan fingerprint density at radius 1 is 1.39 bits per heavy atom. The van der Waals surface area contributed by atoms with E-state index in [1.807, 2.05) is 0 Å². The number of thiophene rings is 1. The van der Waals surface area contributed by atoms with Gasteiger partial charge in [0.2, 0.25) is 0 Å². The first kappa shape index (κ1) is 16.5. The van der Waals surface area contributed by atoms with Crippen LogP contribution in [0.3, 0.4) is 0 Å². The molecule has 1 aliphatic heterocycles. The van der Waals surface area contributed by atoms with Crippen molar-refractivity contribution in [3.63, 3.8) is 0 Å². The second kappa shape index (κ2) is 7.01. The van der Waals surface area contributed by atoms with Gasteiger partial charge in [0.1, 0.15) is 11.1 Å². The number of carbonyl (C=O) groups is 2. The highest BCUT2D eigenvalue weighted by Gasteiger charge is 2.31. The molecule has 1 aromatic rings. The number of ether oxygens (including phenoxy) is 2. The monoisotopic (exact) mass is 337 g/mol. The van der Waals surface area contributed by atoms with E-state index in [4.69, 9.17) is 9.47 Å². The number of rotatable bonds is 4. The number of methoxy groups -OCH3 is 1. The van der Waals surface area contributed by atoms with Crippen molar-refractivity contribution >= 4 is 28.2 Å². The van der Waals surface area contributed by atoms with Gasteiger partial charge in [0.15, 0.2) is 0 Å². The summed E-state index contributed by atoms with van der Waals surface area (Å²) in [5.41, 5.74) is 1.61. The molecule has 23 heavy (non-hydrogen) atoms. The van der Waals surface area contributed by atoms with Crippen LogP contribution in [0.5, 0.6) is 0 Å². The van der Waals surface area contributed by atoms with Crippen LogP contribution < -0.4 is 5.32 Å². The van der Waals surface area contributed by atoms with Gasteiger partial charge in [0, 0.05) is 11.5 Å². The molecular weight excluding hydrogens is 314 g/mol. The predicted octanol–water partition coefficient (Wildman–Crippen LogP) is 3.17. The van der Waals surface area contributed by atoms with E-state index in [2.05, 4.69) is 12.2 Å². The molecule has 1 saturated heterocycles. The number of carbonyl (C=O) groups excluding carboxylic acids is 2. The number of amides is 1. The molecule has 0 aromatic carbocycles. The summed E-state index contributed by atoms with van der Waals surface area (Å²) in [7, 11) is 1.38. The Balaban J connectivity index is 1.87. The van der Waals surface area contributed by atoms with Crippen LogP contribution in [0.25, 0.3) is 0 Å². The zero-order chi connectivity index (χ0) is 16.4. The summed E-state index contributed by atoms with van der Waals surface area (Å²) in [4.78, 5) is 25.8. The van der Waals surface area contributed by atoms with E-state index < -0.39 is 6.10 Å². The topological polar surface area (TPSA) is 64.6 Å². The molecule has 1 N–H and O–H groups in total. The van der Waals surface area contributed by atoms with E-state index in [0.717, 1.165) is 44.1 Å². The molecule has 0 spiro atoms. The van der Waals surface area contributed by atoms with Gasteiger partial charge >= 0.3 is 5.97 Å². The first-order valence-corrected chi connectivity index (χ1v) is 9.11. The zero-order valence-corrected chi connectivity index (χ0v) is 14.5. The van der Waals surface area contributed by atoms with Gasteiger partial charge in [-0.25, -0.2) is 4.79 Å². The molecule has 2 aliphatic rings. The van der Waals surface area contributed by atoms with E-state index in [1.165, 1.54) is 23.3 Å².